The number of hydrogen-bond donors (Lipinski definition) is 0. The van der Waals surface area contributed by atoms with Crippen molar-refractivity contribution in [1.82, 2.24) is 14.3 Å². The highest BCUT2D eigenvalue weighted by Gasteiger charge is 2.26. The van der Waals surface area contributed by atoms with Crippen LogP contribution in [0.5, 0.6) is 5.75 Å². The van der Waals surface area contributed by atoms with Gasteiger partial charge in [-0.15, -0.1) is 0 Å². The van der Waals surface area contributed by atoms with E-state index < -0.39 is 6.43 Å². The normalized spacial score (nSPS) is 13.1. The molecule has 7 nitrogen and oxygen atoms in total. The Balaban J connectivity index is 1.41. The lowest BCUT2D eigenvalue weighted by Crippen LogP contribution is -2.26. The number of benzene rings is 2. The van der Waals surface area contributed by atoms with E-state index in [2.05, 4.69) is 10.00 Å². The van der Waals surface area contributed by atoms with E-state index in [1.807, 2.05) is 35.1 Å². The molecule has 3 heterocycles. The Kier molecular flexibility index (Phi) is 9.81. The number of halogens is 2. The number of methoxy groups -OCH3 is 1. The van der Waals surface area contributed by atoms with Gasteiger partial charge in [-0.1, -0.05) is 25.7 Å². The van der Waals surface area contributed by atoms with Gasteiger partial charge in [0, 0.05) is 72.7 Å². The van der Waals surface area contributed by atoms with Crippen LogP contribution in [0, 0.1) is 6.92 Å². The van der Waals surface area contributed by atoms with Crippen molar-refractivity contribution in [3.63, 3.8) is 0 Å². The number of carbonyl (C=O) groups is 1. The minimum Gasteiger partial charge on any atom is -0.497 e. The predicted molar refractivity (Wildman–Crippen MR) is 171 cm³/mol. The summed E-state index contributed by atoms with van der Waals surface area (Å²) in [5.74, 6) is 0.852. The Labute approximate surface area is 257 Å². The quantitative estimate of drug-likeness (QED) is 0.144. The van der Waals surface area contributed by atoms with Crippen LogP contribution in [0.25, 0.3) is 22.0 Å². The minimum atomic E-state index is -2.66. The predicted octanol–water partition coefficient (Wildman–Crippen LogP) is 8.06. The second-order valence-corrected chi connectivity index (χ2v) is 12.0. The zero-order valence-corrected chi connectivity index (χ0v) is 26.2. The van der Waals surface area contributed by atoms with Crippen LogP contribution in [0.2, 0.25) is 0 Å². The average molecular weight is 605 g/mol. The number of anilines is 2. The number of pyridine rings is 1. The van der Waals surface area contributed by atoms with Gasteiger partial charge in [-0.25, -0.2) is 8.78 Å². The summed E-state index contributed by atoms with van der Waals surface area (Å²) in [5, 5.41) is 5.37. The van der Waals surface area contributed by atoms with E-state index in [0.717, 1.165) is 85.8 Å². The number of aryl methyl sites for hydroxylation is 4. The lowest BCUT2D eigenvalue weighted by Gasteiger charge is -2.34. The first kappa shape index (κ1) is 31.4. The Morgan fingerprint density at radius 3 is 2.50 bits per heavy atom. The molecule has 1 aliphatic heterocycles. The number of unbranched alkanes of at least 4 members (excludes halogenated alkanes) is 5. The van der Waals surface area contributed by atoms with Gasteiger partial charge in [0.25, 0.3) is 12.0 Å². The van der Waals surface area contributed by atoms with E-state index in [-0.39, 0.29) is 16.9 Å². The van der Waals surface area contributed by atoms with E-state index in [1.165, 1.54) is 0 Å². The van der Waals surface area contributed by atoms with Crippen molar-refractivity contribution in [3.05, 3.63) is 69.8 Å². The Morgan fingerprint density at radius 2 is 1.77 bits per heavy atom. The second-order valence-electron chi connectivity index (χ2n) is 12.0. The molecule has 4 aromatic rings. The van der Waals surface area contributed by atoms with Gasteiger partial charge < -0.3 is 19.0 Å². The molecule has 0 fully saturated rings. The molecule has 0 radical (unpaired) electrons. The van der Waals surface area contributed by atoms with Crippen molar-refractivity contribution in [2.24, 2.45) is 7.05 Å². The minimum absolute atomic E-state index is 0.0171. The number of hydrogen-bond acceptors (Lipinski definition) is 5. The third-order valence-electron chi connectivity index (χ3n) is 8.72. The molecule has 0 amide bonds. The van der Waals surface area contributed by atoms with Crippen LogP contribution in [0.1, 0.15) is 81.4 Å². The fourth-order valence-corrected chi connectivity index (χ4v) is 6.33. The Hall–Kier alpha value is -4.01. The molecule has 5 rings (SSSR count). The number of ether oxygens (including phenoxy) is 1. The van der Waals surface area contributed by atoms with Gasteiger partial charge >= 0.3 is 0 Å². The van der Waals surface area contributed by atoms with Crippen molar-refractivity contribution >= 4 is 28.1 Å². The van der Waals surface area contributed by atoms with Crippen molar-refractivity contribution in [3.8, 4) is 16.9 Å². The molecule has 44 heavy (non-hydrogen) atoms. The van der Waals surface area contributed by atoms with Gasteiger partial charge in [0.15, 0.2) is 0 Å². The third-order valence-corrected chi connectivity index (χ3v) is 8.72. The lowest BCUT2D eigenvalue weighted by molar-refractivity contribution is -0.117. The Morgan fingerprint density at radius 1 is 1.02 bits per heavy atom. The van der Waals surface area contributed by atoms with Crippen LogP contribution >= 0.6 is 0 Å². The molecular formula is C35H42F2N4O3. The molecule has 0 saturated heterocycles. The summed E-state index contributed by atoms with van der Waals surface area (Å²) in [6, 6.07) is 9.19. The van der Waals surface area contributed by atoms with Crippen molar-refractivity contribution in [2.75, 3.05) is 18.6 Å². The molecule has 0 N–H and O–H groups in total. The molecule has 0 bridgehead atoms. The monoisotopic (exact) mass is 604 g/mol. The lowest BCUT2D eigenvalue weighted by atomic mass is 9.92. The fraction of sp³-hybridized carbons (Fsp3) is 0.457. The molecular weight excluding hydrogens is 562 g/mol. The van der Waals surface area contributed by atoms with Crippen LogP contribution < -0.4 is 15.2 Å². The van der Waals surface area contributed by atoms with E-state index in [0.29, 0.717) is 35.4 Å². The molecule has 2 aromatic heterocycles. The van der Waals surface area contributed by atoms with Gasteiger partial charge in [-0.3, -0.25) is 9.48 Å². The topological polar surface area (TPSA) is 69.4 Å². The van der Waals surface area contributed by atoms with E-state index in [9.17, 15) is 18.4 Å². The summed E-state index contributed by atoms with van der Waals surface area (Å²) >= 11 is 0. The van der Waals surface area contributed by atoms with Gasteiger partial charge in [0.05, 0.1) is 24.5 Å². The molecule has 0 atom stereocenters. The smallest absolute Gasteiger partial charge is 0.264 e. The first-order valence-electron chi connectivity index (χ1n) is 15.6. The zero-order valence-electron chi connectivity index (χ0n) is 26.2. The van der Waals surface area contributed by atoms with E-state index >= 15 is 0 Å². The molecule has 1 aliphatic rings. The van der Waals surface area contributed by atoms with E-state index in [4.69, 9.17) is 4.74 Å². The summed E-state index contributed by atoms with van der Waals surface area (Å²) in [6.45, 7) is 4.83. The van der Waals surface area contributed by atoms with Crippen LogP contribution in [-0.2, 0) is 24.8 Å². The maximum absolute atomic E-state index is 14.6. The zero-order chi connectivity index (χ0) is 31.4. The molecule has 0 unspecified atom stereocenters. The first-order chi connectivity index (χ1) is 21.2. The molecule has 0 aliphatic carbocycles. The van der Waals surface area contributed by atoms with Gasteiger partial charge in [0.1, 0.15) is 11.5 Å². The van der Waals surface area contributed by atoms with Crippen LogP contribution in [0.15, 0.2) is 47.5 Å². The number of alkyl halides is 2. The standard InChI is InChI=1S/C35H42F2N4O3/c1-23-16-30-32(39(3)35(23)43)18-27(44-4)19-33(30)41-15-11-13-25-17-28(29(34(36)37)20-31(25)41)26-21-38-40(22-26)14-10-8-6-5-7-9-12-24(2)42/h16-22,34H,5-15H2,1-4H3. The summed E-state index contributed by atoms with van der Waals surface area (Å²) in [7, 11) is 3.33. The van der Waals surface area contributed by atoms with Crippen molar-refractivity contribution in [1.29, 1.82) is 0 Å². The van der Waals surface area contributed by atoms with Crippen LogP contribution in [0.3, 0.4) is 0 Å². The maximum Gasteiger partial charge on any atom is 0.264 e. The summed E-state index contributed by atoms with van der Waals surface area (Å²) in [5.41, 5.74) is 5.06. The van der Waals surface area contributed by atoms with Crippen LogP contribution in [-0.4, -0.2) is 33.8 Å². The summed E-state index contributed by atoms with van der Waals surface area (Å²) in [6.07, 6.45) is 9.51. The SMILES string of the molecule is COc1cc(N2CCCc3cc(-c4cnn(CCCCCCCCC(C)=O)c4)c(C(F)F)cc32)c2cc(C)c(=O)n(C)c2c1. The third kappa shape index (κ3) is 6.71. The molecule has 234 valence electrons. The average Bonchev–Trinajstić information content (AvgIpc) is 3.48. The number of carbonyl (C=O) groups excluding carboxylic acids is 1. The van der Waals surface area contributed by atoms with Crippen LogP contribution in [0.4, 0.5) is 20.2 Å². The Bertz CT molecular complexity index is 1710. The highest BCUT2D eigenvalue weighted by molar-refractivity contribution is 5.97. The van der Waals surface area contributed by atoms with Crippen molar-refractivity contribution in [2.45, 2.75) is 84.6 Å². The maximum atomic E-state index is 14.6. The number of rotatable bonds is 13. The summed E-state index contributed by atoms with van der Waals surface area (Å²) in [4.78, 5) is 25.9. The van der Waals surface area contributed by atoms with Gasteiger partial charge in [-0.05, 0) is 68.9 Å². The number of fused-ring (bicyclic) bond motifs is 2. The van der Waals surface area contributed by atoms with Crippen molar-refractivity contribution < 1.29 is 18.3 Å². The molecule has 2 aromatic carbocycles. The number of Topliss-reactive ketones (excluding diaryl/α,β-unsaturated/α-hetero) is 1. The number of ketones is 1. The molecule has 0 spiro atoms. The molecule has 0 saturated carbocycles. The molecule has 9 heteroatoms. The summed E-state index contributed by atoms with van der Waals surface area (Å²) < 4.78 is 38.3. The first-order valence-corrected chi connectivity index (χ1v) is 15.6. The number of nitrogens with zero attached hydrogens (tertiary/aromatic N) is 4. The number of aromatic nitrogens is 3. The highest BCUT2D eigenvalue weighted by atomic mass is 19.3. The highest BCUT2D eigenvalue weighted by Crippen LogP contribution is 2.44. The second kappa shape index (κ2) is 13.7. The fourth-order valence-electron chi connectivity index (χ4n) is 6.33. The van der Waals surface area contributed by atoms with Gasteiger partial charge in [-0.2, -0.15) is 5.10 Å². The largest absolute Gasteiger partial charge is 0.497 e. The van der Waals surface area contributed by atoms with Gasteiger partial charge in [0.2, 0.25) is 0 Å². The van der Waals surface area contributed by atoms with E-state index in [1.54, 1.807) is 44.8 Å².